The van der Waals surface area contributed by atoms with Gasteiger partial charge in [0, 0.05) is 36.8 Å². The number of ether oxygens (including phenoxy) is 2. The van der Waals surface area contributed by atoms with Crippen molar-refractivity contribution in [2.24, 2.45) is 0 Å². The van der Waals surface area contributed by atoms with E-state index in [1.165, 1.54) is 5.56 Å². The predicted octanol–water partition coefficient (Wildman–Crippen LogP) is 3.74. The van der Waals surface area contributed by atoms with Crippen molar-refractivity contribution < 1.29 is 18.7 Å². The van der Waals surface area contributed by atoms with Crippen LogP contribution in [0.2, 0.25) is 0 Å². The summed E-state index contributed by atoms with van der Waals surface area (Å²) in [5, 5.41) is 4.32. The lowest BCUT2D eigenvalue weighted by molar-refractivity contribution is -0.143. The van der Waals surface area contributed by atoms with E-state index in [1.807, 2.05) is 0 Å². The molecule has 0 radical (unpaired) electrons. The smallest absolute Gasteiger partial charge is 0.224 e. The van der Waals surface area contributed by atoms with Crippen molar-refractivity contribution in [1.29, 1.82) is 0 Å². The number of amides is 1. The molecule has 0 unspecified atom stereocenters. The molecule has 1 spiro atoms. The molecular formula is C22H29NO4. The third kappa shape index (κ3) is 3.63. The van der Waals surface area contributed by atoms with Gasteiger partial charge in [0.25, 0.3) is 0 Å². The number of carbonyl (C=O) groups excluding carboxylic acids is 1. The molecule has 0 bridgehead atoms. The first-order chi connectivity index (χ1) is 13.0. The van der Waals surface area contributed by atoms with Crippen LogP contribution in [-0.4, -0.2) is 37.4 Å². The van der Waals surface area contributed by atoms with Crippen LogP contribution in [0.3, 0.4) is 0 Å². The molecule has 1 amide bonds. The molecular weight excluding hydrogens is 342 g/mol. The Morgan fingerprint density at radius 1 is 1.19 bits per heavy atom. The Morgan fingerprint density at radius 2 is 1.96 bits per heavy atom. The van der Waals surface area contributed by atoms with Crippen LogP contribution in [0.15, 0.2) is 16.7 Å². The van der Waals surface area contributed by atoms with Gasteiger partial charge in [-0.1, -0.05) is 6.07 Å². The van der Waals surface area contributed by atoms with Gasteiger partial charge in [0.05, 0.1) is 18.3 Å². The maximum Gasteiger partial charge on any atom is 0.224 e. The summed E-state index contributed by atoms with van der Waals surface area (Å²) >= 11 is 0. The molecule has 4 rings (SSSR count). The summed E-state index contributed by atoms with van der Waals surface area (Å²) in [7, 11) is 0. The van der Waals surface area contributed by atoms with Crippen molar-refractivity contribution in [3.05, 3.63) is 34.6 Å². The van der Waals surface area contributed by atoms with E-state index in [-0.39, 0.29) is 17.6 Å². The summed E-state index contributed by atoms with van der Waals surface area (Å²) in [5.41, 5.74) is 5.29. The van der Waals surface area contributed by atoms with Gasteiger partial charge in [0.1, 0.15) is 5.58 Å². The van der Waals surface area contributed by atoms with Crippen molar-refractivity contribution >= 4 is 16.9 Å². The molecule has 1 aromatic carbocycles. The van der Waals surface area contributed by atoms with Crippen LogP contribution in [0.5, 0.6) is 0 Å². The van der Waals surface area contributed by atoms with E-state index in [0.29, 0.717) is 13.0 Å². The highest BCUT2D eigenvalue weighted by atomic mass is 16.5. The number of fused-ring (bicyclic) bond motifs is 1. The molecule has 5 heteroatoms. The second-order valence-corrected chi connectivity index (χ2v) is 8.18. The van der Waals surface area contributed by atoms with Crippen LogP contribution in [0.4, 0.5) is 0 Å². The first-order valence-electron chi connectivity index (χ1n) is 9.95. The van der Waals surface area contributed by atoms with Crippen LogP contribution < -0.4 is 5.32 Å². The fourth-order valence-corrected chi connectivity index (χ4v) is 4.61. The van der Waals surface area contributed by atoms with Crippen molar-refractivity contribution in [2.45, 2.75) is 64.5 Å². The van der Waals surface area contributed by atoms with Crippen molar-refractivity contribution in [3.8, 4) is 0 Å². The molecule has 0 aliphatic carbocycles. The lowest BCUT2D eigenvalue weighted by atomic mass is 9.84. The summed E-state index contributed by atoms with van der Waals surface area (Å²) < 4.78 is 17.4. The van der Waals surface area contributed by atoms with Gasteiger partial charge in [-0.15, -0.1) is 0 Å². The molecule has 146 valence electrons. The highest BCUT2D eigenvalue weighted by Crippen LogP contribution is 2.34. The summed E-state index contributed by atoms with van der Waals surface area (Å²) in [5.74, 6) is 0.0597. The Labute approximate surface area is 160 Å². The van der Waals surface area contributed by atoms with Gasteiger partial charge in [0.15, 0.2) is 0 Å². The molecule has 1 aromatic heterocycles. The van der Waals surface area contributed by atoms with Gasteiger partial charge in [-0.3, -0.25) is 4.79 Å². The summed E-state index contributed by atoms with van der Waals surface area (Å²) in [6.45, 7) is 8.45. The number of rotatable bonds is 3. The molecule has 27 heavy (non-hydrogen) atoms. The van der Waals surface area contributed by atoms with Crippen LogP contribution in [0, 0.1) is 20.8 Å². The molecule has 5 nitrogen and oxygen atoms in total. The zero-order valence-electron chi connectivity index (χ0n) is 16.5. The average molecular weight is 371 g/mol. The number of benzene rings is 1. The SMILES string of the molecule is Cc1cc(C)c2c(CC(=O)N[C@@H]3CCOC4(CCOCC4)C3)coc2c1C. The van der Waals surface area contributed by atoms with Crippen LogP contribution >= 0.6 is 0 Å². The Hall–Kier alpha value is -1.85. The summed E-state index contributed by atoms with van der Waals surface area (Å²) in [4.78, 5) is 12.7. The van der Waals surface area contributed by atoms with Crippen LogP contribution in [-0.2, 0) is 20.7 Å². The van der Waals surface area contributed by atoms with E-state index in [0.717, 1.165) is 66.6 Å². The topological polar surface area (TPSA) is 60.7 Å². The van der Waals surface area contributed by atoms with E-state index in [1.54, 1.807) is 6.26 Å². The Balaban J connectivity index is 1.45. The van der Waals surface area contributed by atoms with E-state index in [4.69, 9.17) is 13.9 Å². The van der Waals surface area contributed by atoms with Crippen molar-refractivity contribution in [1.82, 2.24) is 5.32 Å². The highest BCUT2D eigenvalue weighted by Gasteiger charge is 2.39. The average Bonchev–Trinajstić information content (AvgIpc) is 3.04. The minimum absolute atomic E-state index is 0.0597. The molecule has 1 N–H and O–H groups in total. The number of carbonyl (C=O) groups is 1. The minimum Gasteiger partial charge on any atom is -0.464 e. The van der Waals surface area contributed by atoms with Crippen molar-refractivity contribution in [3.63, 3.8) is 0 Å². The quantitative estimate of drug-likeness (QED) is 0.893. The van der Waals surface area contributed by atoms with Gasteiger partial charge in [0.2, 0.25) is 5.91 Å². The number of hydrogen-bond acceptors (Lipinski definition) is 4. The fraction of sp³-hybridized carbons (Fsp3) is 0.591. The van der Waals surface area contributed by atoms with Gasteiger partial charge in [-0.05, 0) is 63.1 Å². The summed E-state index contributed by atoms with van der Waals surface area (Å²) in [6.07, 6.45) is 5.69. The number of hydrogen-bond donors (Lipinski definition) is 1. The van der Waals surface area contributed by atoms with Crippen LogP contribution in [0.25, 0.3) is 11.0 Å². The first-order valence-corrected chi connectivity index (χ1v) is 9.95. The van der Waals surface area contributed by atoms with Crippen LogP contribution in [0.1, 0.15) is 47.9 Å². The normalized spacial score (nSPS) is 22.3. The lowest BCUT2D eigenvalue weighted by Gasteiger charge is -2.43. The third-order valence-electron chi connectivity index (χ3n) is 6.24. The van der Waals surface area contributed by atoms with E-state index in [2.05, 4.69) is 32.2 Å². The number of aryl methyl sites for hydroxylation is 3. The number of furan rings is 1. The second kappa shape index (κ2) is 7.28. The van der Waals surface area contributed by atoms with Gasteiger partial charge in [-0.25, -0.2) is 0 Å². The molecule has 2 saturated heterocycles. The van der Waals surface area contributed by atoms with E-state index in [9.17, 15) is 4.79 Å². The van der Waals surface area contributed by atoms with Gasteiger partial charge < -0.3 is 19.2 Å². The third-order valence-corrected chi connectivity index (χ3v) is 6.24. The monoisotopic (exact) mass is 371 g/mol. The number of nitrogens with one attached hydrogen (secondary N) is 1. The fourth-order valence-electron chi connectivity index (χ4n) is 4.61. The van der Waals surface area contributed by atoms with Gasteiger partial charge in [-0.2, -0.15) is 0 Å². The Bertz CT molecular complexity index is 842. The molecule has 2 aliphatic heterocycles. The molecule has 3 heterocycles. The first kappa shape index (κ1) is 18.5. The zero-order chi connectivity index (χ0) is 19.0. The Kier molecular flexibility index (Phi) is 4.99. The van der Waals surface area contributed by atoms with Crippen molar-refractivity contribution in [2.75, 3.05) is 19.8 Å². The molecule has 2 fully saturated rings. The second-order valence-electron chi connectivity index (χ2n) is 8.18. The lowest BCUT2D eigenvalue weighted by Crippen LogP contribution is -2.51. The predicted molar refractivity (Wildman–Crippen MR) is 104 cm³/mol. The Morgan fingerprint density at radius 3 is 2.74 bits per heavy atom. The van der Waals surface area contributed by atoms with E-state index >= 15 is 0 Å². The van der Waals surface area contributed by atoms with Gasteiger partial charge >= 0.3 is 0 Å². The molecule has 2 aliphatic rings. The maximum atomic E-state index is 12.7. The standard InChI is InChI=1S/C22H29NO4/c1-14-10-15(2)20-17(13-26-21(20)16(14)3)11-19(24)23-18-4-7-27-22(12-18)5-8-25-9-6-22/h10,13,18H,4-9,11-12H2,1-3H3,(H,23,24)/t18-/m1/s1. The largest absolute Gasteiger partial charge is 0.464 e. The maximum absolute atomic E-state index is 12.7. The molecule has 0 saturated carbocycles. The highest BCUT2D eigenvalue weighted by molar-refractivity contribution is 5.92. The summed E-state index contributed by atoms with van der Waals surface area (Å²) in [6, 6.07) is 2.34. The van der Waals surface area contributed by atoms with E-state index < -0.39 is 0 Å². The molecule has 1 atom stereocenters. The molecule has 2 aromatic rings. The minimum atomic E-state index is -0.109. The zero-order valence-corrected chi connectivity index (χ0v) is 16.5.